The highest BCUT2D eigenvalue weighted by Gasteiger charge is 2.19. The van der Waals surface area contributed by atoms with Crippen molar-refractivity contribution in [2.45, 2.75) is 31.3 Å². The summed E-state index contributed by atoms with van der Waals surface area (Å²) in [4.78, 5) is 24.6. The summed E-state index contributed by atoms with van der Waals surface area (Å²) in [6.07, 6.45) is 0. The van der Waals surface area contributed by atoms with E-state index in [9.17, 15) is 14.0 Å². The molecule has 2 aromatic carbocycles. The molecule has 0 spiro atoms. The summed E-state index contributed by atoms with van der Waals surface area (Å²) >= 11 is 1.39. The minimum atomic E-state index is -0.655. The van der Waals surface area contributed by atoms with E-state index in [-0.39, 0.29) is 17.6 Å². The van der Waals surface area contributed by atoms with Crippen molar-refractivity contribution >= 4 is 23.6 Å². The Labute approximate surface area is 151 Å². The maximum absolute atomic E-state index is 12.9. The predicted octanol–water partition coefficient (Wildman–Crippen LogP) is 3.05. The van der Waals surface area contributed by atoms with E-state index in [1.54, 1.807) is 12.1 Å². The summed E-state index contributed by atoms with van der Waals surface area (Å²) in [6, 6.07) is 13.3. The molecule has 4 nitrogen and oxygen atoms in total. The van der Waals surface area contributed by atoms with Crippen molar-refractivity contribution in [3.05, 3.63) is 65.5 Å². The Morgan fingerprint density at radius 1 is 1.08 bits per heavy atom. The highest BCUT2D eigenvalue weighted by Crippen LogP contribution is 2.19. The van der Waals surface area contributed by atoms with Crippen LogP contribution in [0.5, 0.6) is 0 Å². The summed E-state index contributed by atoms with van der Waals surface area (Å²) in [6.45, 7) is 3.78. The number of carbonyl (C=O) groups excluding carboxylic acids is 2. The van der Waals surface area contributed by atoms with Gasteiger partial charge in [-0.3, -0.25) is 9.59 Å². The molecule has 25 heavy (non-hydrogen) atoms. The lowest BCUT2D eigenvalue weighted by Crippen LogP contribution is -2.47. The summed E-state index contributed by atoms with van der Waals surface area (Å²) in [5.74, 6) is -0.454. The van der Waals surface area contributed by atoms with Crippen molar-refractivity contribution in [1.82, 2.24) is 10.6 Å². The van der Waals surface area contributed by atoms with Gasteiger partial charge in [0, 0.05) is 24.1 Å². The van der Waals surface area contributed by atoms with Crippen molar-refractivity contribution in [1.29, 1.82) is 0 Å². The first-order chi connectivity index (χ1) is 11.9. The molecule has 2 rings (SSSR count). The monoisotopic (exact) mass is 360 g/mol. The molecule has 1 unspecified atom stereocenters. The van der Waals surface area contributed by atoms with Gasteiger partial charge in [0.15, 0.2) is 0 Å². The molecule has 2 N–H and O–H groups in total. The van der Waals surface area contributed by atoms with Gasteiger partial charge in [0.2, 0.25) is 11.8 Å². The number of rotatable bonds is 7. The Kier molecular flexibility index (Phi) is 7.01. The zero-order chi connectivity index (χ0) is 18.2. The fourth-order valence-electron chi connectivity index (χ4n) is 2.16. The molecule has 0 saturated heterocycles. The van der Waals surface area contributed by atoms with Crippen molar-refractivity contribution in [2.24, 2.45) is 0 Å². The SMILES string of the molecule is CC(=O)NC(CSc1ccc(F)cc1)C(=O)NCc1ccc(C)cc1. The average Bonchev–Trinajstić information content (AvgIpc) is 2.59. The molecule has 0 aliphatic heterocycles. The van der Waals surface area contributed by atoms with Gasteiger partial charge in [0.1, 0.15) is 11.9 Å². The second kappa shape index (κ2) is 9.22. The van der Waals surface area contributed by atoms with Gasteiger partial charge in [-0.2, -0.15) is 0 Å². The first-order valence-corrected chi connectivity index (χ1v) is 8.91. The minimum absolute atomic E-state index is 0.245. The van der Waals surface area contributed by atoms with Crippen molar-refractivity contribution in [3.63, 3.8) is 0 Å². The van der Waals surface area contributed by atoms with Crippen LogP contribution in [-0.4, -0.2) is 23.6 Å². The second-order valence-electron chi connectivity index (χ2n) is 5.72. The van der Waals surface area contributed by atoms with Crippen LogP contribution in [0, 0.1) is 12.7 Å². The van der Waals surface area contributed by atoms with E-state index in [0.29, 0.717) is 12.3 Å². The van der Waals surface area contributed by atoms with E-state index in [2.05, 4.69) is 10.6 Å². The van der Waals surface area contributed by atoms with Crippen LogP contribution in [0.4, 0.5) is 4.39 Å². The Morgan fingerprint density at radius 2 is 1.72 bits per heavy atom. The molecule has 0 saturated carbocycles. The minimum Gasteiger partial charge on any atom is -0.350 e. The van der Waals surface area contributed by atoms with Gasteiger partial charge in [-0.15, -0.1) is 11.8 Å². The van der Waals surface area contributed by atoms with E-state index < -0.39 is 6.04 Å². The van der Waals surface area contributed by atoms with Crippen LogP contribution in [0.15, 0.2) is 53.4 Å². The standard InChI is InChI=1S/C19H21FN2O2S/c1-13-3-5-15(6-4-13)11-21-19(24)18(22-14(2)23)12-25-17-9-7-16(20)8-10-17/h3-10,18H,11-12H2,1-2H3,(H,21,24)(H,22,23). The fourth-order valence-corrected chi connectivity index (χ4v) is 3.08. The lowest BCUT2D eigenvalue weighted by molar-refractivity contribution is -0.127. The third kappa shape index (κ3) is 6.58. The topological polar surface area (TPSA) is 58.2 Å². The molecule has 2 aromatic rings. The van der Waals surface area contributed by atoms with Crippen LogP contribution in [-0.2, 0) is 16.1 Å². The zero-order valence-electron chi connectivity index (χ0n) is 14.2. The maximum Gasteiger partial charge on any atom is 0.243 e. The van der Waals surface area contributed by atoms with Crippen LogP contribution in [0.3, 0.4) is 0 Å². The van der Waals surface area contributed by atoms with Crippen LogP contribution in [0.25, 0.3) is 0 Å². The van der Waals surface area contributed by atoms with Crippen LogP contribution < -0.4 is 10.6 Å². The number of hydrogen-bond donors (Lipinski definition) is 2. The first kappa shape index (κ1) is 19.0. The molecule has 0 bridgehead atoms. The molecule has 0 heterocycles. The number of amides is 2. The Bertz CT molecular complexity index is 717. The van der Waals surface area contributed by atoms with Crippen LogP contribution >= 0.6 is 11.8 Å². The summed E-state index contributed by atoms with van der Waals surface area (Å²) in [5, 5.41) is 5.50. The van der Waals surface area contributed by atoms with Gasteiger partial charge < -0.3 is 10.6 Å². The van der Waals surface area contributed by atoms with Crippen LogP contribution in [0.2, 0.25) is 0 Å². The fraction of sp³-hybridized carbons (Fsp3) is 0.263. The number of aryl methyl sites for hydroxylation is 1. The molecular weight excluding hydrogens is 339 g/mol. The smallest absolute Gasteiger partial charge is 0.243 e. The lowest BCUT2D eigenvalue weighted by atomic mass is 10.1. The van der Waals surface area contributed by atoms with Gasteiger partial charge in [-0.25, -0.2) is 4.39 Å². The number of thioether (sulfide) groups is 1. The highest BCUT2D eigenvalue weighted by molar-refractivity contribution is 7.99. The van der Waals surface area contributed by atoms with Crippen molar-refractivity contribution in [3.8, 4) is 0 Å². The van der Waals surface area contributed by atoms with E-state index in [1.165, 1.54) is 30.8 Å². The van der Waals surface area contributed by atoms with Crippen LogP contribution in [0.1, 0.15) is 18.1 Å². The molecule has 0 fully saturated rings. The second-order valence-corrected chi connectivity index (χ2v) is 6.81. The number of benzene rings is 2. The number of nitrogens with one attached hydrogen (secondary N) is 2. The third-order valence-corrected chi connectivity index (χ3v) is 4.62. The quantitative estimate of drug-likeness (QED) is 0.746. The molecule has 132 valence electrons. The predicted molar refractivity (Wildman–Crippen MR) is 97.8 cm³/mol. The largest absolute Gasteiger partial charge is 0.350 e. The highest BCUT2D eigenvalue weighted by atomic mass is 32.2. The van der Waals surface area contributed by atoms with Gasteiger partial charge in [-0.1, -0.05) is 29.8 Å². The number of halogens is 1. The van der Waals surface area contributed by atoms with E-state index >= 15 is 0 Å². The molecule has 1 atom stereocenters. The summed E-state index contributed by atoms with van der Waals surface area (Å²) < 4.78 is 12.9. The molecular formula is C19H21FN2O2S. The molecule has 2 amide bonds. The zero-order valence-corrected chi connectivity index (χ0v) is 15.0. The molecule has 0 aliphatic rings. The number of carbonyl (C=O) groups is 2. The van der Waals surface area contributed by atoms with E-state index in [0.717, 1.165) is 16.0 Å². The Morgan fingerprint density at radius 3 is 2.32 bits per heavy atom. The first-order valence-electron chi connectivity index (χ1n) is 7.93. The molecule has 0 aromatic heterocycles. The van der Waals surface area contributed by atoms with Gasteiger partial charge in [-0.05, 0) is 36.8 Å². The summed E-state index contributed by atoms with van der Waals surface area (Å²) in [5.41, 5.74) is 2.15. The van der Waals surface area contributed by atoms with Gasteiger partial charge in [0.25, 0.3) is 0 Å². The van der Waals surface area contributed by atoms with E-state index in [4.69, 9.17) is 0 Å². The summed E-state index contributed by atoms with van der Waals surface area (Å²) in [7, 11) is 0. The van der Waals surface area contributed by atoms with E-state index in [1.807, 2.05) is 31.2 Å². The van der Waals surface area contributed by atoms with Crippen molar-refractivity contribution in [2.75, 3.05) is 5.75 Å². The van der Waals surface area contributed by atoms with Gasteiger partial charge >= 0.3 is 0 Å². The van der Waals surface area contributed by atoms with Gasteiger partial charge in [0.05, 0.1) is 0 Å². The molecule has 6 heteroatoms. The normalized spacial score (nSPS) is 11.6. The Balaban J connectivity index is 1.92. The maximum atomic E-state index is 12.9. The lowest BCUT2D eigenvalue weighted by Gasteiger charge is -2.17. The molecule has 0 aliphatic carbocycles. The van der Waals surface area contributed by atoms with Crippen molar-refractivity contribution < 1.29 is 14.0 Å². The molecule has 0 radical (unpaired) electrons. The average molecular weight is 360 g/mol. The third-order valence-electron chi connectivity index (χ3n) is 3.51. The Hall–Kier alpha value is -2.34. The number of hydrogen-bond acceptors (Lipinski definition) is 3.